The van der Waals surface area contributed by atoms with Gasteiger partial charge < -0.3 is 15.5 Å². The highest BCUT2D eigenvalue weighted by molar-refractivity contribution is 7.80. The minimum atomic E-state index is -4.45. The molecule has 1 fully saturated rings. The lowest BCUT2D eigenvalue weighted by molar-refractivity contribution is -0.137. The Bertz CT molecular complexity index is 1290. The molecule has 1 saturated heterocycles. The van der Waals surface area contributed by atoms with Crippen LogP contribution in [0.5, 0.6) is 0 Å². The third-order valence-corrected chi connectivity index (χ3v) is 7.31. The zero-order chi connectivity index (χ0) is 25.7. The first-order valence-corrected chi connectivity index (χ1v) is 12.5. The number of terminal acetylenes is 1. The maximum absolute atomic E-state index is 13.2. The molecule has 2 aromatic carbocycles. The van der Waals surface area contributed by atoms with Crippen molar-refractivity contribution >= 4 is 40.3 Å². The second-order valence-electron chi connectivity index (χ2n) is 8.27. The molecule has 0 aliphatic carbocycles. The minimum Gasteiger partial charge on any atom is -0.352 e. The van der Waals surface area contributed by atoms with Gasteiger partial charge in [0, 0.05) is 35.6 Å². The molecule has 1 aliphatic heterocycles. The molecule has 3 aromatic rings. The van der Waals surface area contributed by atoms with E-state index in [0.29, 0.717) is 28.5 Å². The van der Waals surface area contributed by atoms with E-state index in [1.165, 1.54) is 17.4 Å². The smallest absolute Gasteiger partial charge is 0.352 e. The summed E-state index contributed by atoms with van der Waals surface area (Å²) >= 11 is 6.80. The fourth-order valence-corrected chi connectivity index (χ4v) is 5.27. The summed E-state index contributed by atoms with van der Waals surface area (Å²) in [5.41, 5.74) is 0.805. The Morgan fingerprint density at radius 3 is 2.67 bits per heavy atom. The molecule has 1 aromatic heterocycles. The second kappa shape index (κ2) is 11.1. The van der Waals surface area contributed by atoms with Crippen LogP contribution in [0.4, 0.5) is 18.9 Å². The summed E-state index contributed by atoms with van der Waals surface area (Å²) in [7, 11) is 0. The number of alkyl halides is 3. The molecule has 186 valence electrons. The molecular formula is C26H23F3N4OS2. The number of hydrogen-bond acceptors (Lipinski definition) is 4. The summed E-state index contributed by atoms with van der Waals surface area (Å²) in [6.07, 6.45) is 2.52. The van der Waals surface area contributed by atoms with Crippen LogP contribution in [0.25, 0.3) is 11.1 Å². The summed E-state index contributed by atoms with van der Waals surface area (Å²) in [5, 5.41) is 9.08. The topological polar surface area (TPSA) is 57.3 Å². The van der Waals surface area contributed by atoms with Gasteiger partial charge in [0.25, 0.3) is 5.91 Å². The number of carbonyl (C=O) groups excluding carboxylic acids is 1. The van der Waals surface area contributed by atoms with Crippen molar-refractivity contribution in [1.29, 1.82) is 0 Å². The molecule has 0 spiro atoms. The Balaban J connectivity index is 1.44. The van der Waals surface area contributed by atoms with Gasteiger partial charge in [0.05, 0.1) is 17.1 Å². The van der Waals surface area contributed by atoms with E-state index in [0.717, 1.165) is 43.1 Å². The number of anilines is 1. The van der Waals surface area contributed by atoms with Gasteiger partial charge in [-0.2, -0.15) is 13.2 Å². The standard InChI is InChI=1S/C26H23F3N4OS2/c1-2-12-30-25(35)33-13-10-17(11-14-33)24-32-22(16-36-24)23(34)31-21-9-4-3-8-20(21)18-6-5-7-19(15-18)26(27,28)29/h1,3-9,15-17H,10-14H2,(H,30,35)(H,31,34). The van der Waals surface area contributed by atoms with Gasteiger partial charge >= 0.3 is 6.18 Å². The van der Waals surface area contributed by atoms with Gasteiger partial charge in [-0.3, -0.25) is 4.79 Å². The molecule has 36 heavy (non-hydrogen) atoms. The highest BCUT2D eigenvalue weighted by Crippen LogP contribution is 2.35. The first kappa shape index (κ1) is 25.7. The fourth-order valence-electron chi connectivity index (χ4n) is 4.04. The predicted molar refractivity (Wildman–Crippen MR) is 140 cm³/mol. The number of carbonyl (C=O) groups is 1. The molecule has 2 heterocycles. The number of thiocarbonyl (C=S) groups is 1. The molecule has 1 aliphatic rings. The maximum Gasteiger partial charge on any atom is 0.416 e. The molecule has 1 amide bonds. The van der Waals surface area contributed by atoms with E-state index in [1.807, 2.05) is 0 Å². The Kier molecular flexibility index (Phi) is 7.91. The van der Waals surface area contributed by atoms with Crippen LogP contribution in [0.2, 0.25) is 0 Å². The van der Waals surface area contributed by atoms with Gasteiger partial charge in [0.15, 0.2) is 5.11 Å². The number of hydrogen-bond donors (Lipinski definition) is 2. The minimum absolute atomic E-state index is 0.223. The fraction of sp³-hybridized carbons (Fsp3) is 0.269. The molecule has 0 unspecified atom stereocenters. The highest BCUT2D eigenvalue weighted by atomic mass is 32.1. The number of benzene rings is 2. The maximum atomic E-state index is 13.2. The predicted octanol–water partition coefficient (Wildman–Crippen LogP) is 5.77. The van der Waals surface area contributed by atoms with Gasteiger partial charge in [-0.05, 0) is 48.8 Å². The van der Waals surface area contributed by atoms with Crippen molar-refractivity contribution in [2.75, 3.05) is 25.0 Å². The summed E-state index contributed by atoms with van der Waals surface area (Å²) in [6.45, 7) is 1.93. The zero-order valence-electron chi connectivity index (χ0n) is 19.1. The van der Waals surface area contributed by atoms with Crippen molar-refractivity contribution in [1.82, 2.24) is 15.2 Å². The van der Waals surface area contributed by atoms with Crippen LogP contribution in [0, 0.1) is 12.3 Å². The number of para-hydroxylation sites is 1. The van der Waals surface area contributed by atoms with Crippen molar-refractivity contribution in [2.24, 2.45) is 0 Å². The Hall–Kier alpha value is -3.42. The number of amides is 1. The van der Waals surface area contributed by atoms with E-state index in [-0.39, 0.29) is 11.6 Å². The van der Waals surface area contributed by atoms with E-state index in [2.05, 4.69) is 26.4 Å². The van der Waals surface area contributed by atoms with Gasteiger partial charge in [-0.15, -0.1) is 17.8 Å². The van der Waals surface area contributed by atoms with E-state index in [9.17, 15) is 18.0 Å². The van der Waals surface area contributed by atoms with Crippen molar-refractivity contribution in [2.45, 2.75) is 24.9 Å². The van der Waals surface area contributed by atoms with E-state index in [4.69, 9.17) is 18.6 Å². The SMILES string of the molecule is C#CCNC(=S)N1CCC(c2nc(C(=O)Nc3ccccc3-c3cccc(C(F)(F)F)c3)cs2)CC1. The molecule has 4 rings (SSSR count). The molecule has 5 nitrogen and oxygen atoms in total. The van der Waals surface area contributed by atoms with Crippen LogP contribution >= 0.6 is 23.6 Å². The largest absolute Gasteiger partial charge is 0.416 e. The molecular weight excluding hydrogens is 505 g/mol. The normalized spacial score (nSPS) is 14.2. The number of piperidine rings is 1. The number of aromatic nitrogens is 1. The quantitative estimate of drug-likeness (QED) is 0.325. The van der Waals surface area contributed by atoms with Gasteiger partial charge in [-0.1, -0.05) is 36.3 Å². The van der Waals surface area contributed by atoms with Crippen LogP contribution in [0.1, 0.15) is 39.8 Å². The van der Waals surface area contributed by atoms with Crippen LogP contribution in [0.15, 0.2) is 53.9 Å². The third kappa shape index (κ3) is 6.04. The number of rotatable bonds is 5. The third-order valence-electron chi connectivity index (χ3n) is 5.90. The lowest BCUT2D eigenvalue weighted by Crippen LogP contribution is -2.44. The summed E-state index contributed by atoms with van der Waals surface area (Å²) < 4.78 is 39.6. The van der Waals surface area contributed by atoms with Crippen LogP contribution in [-0.2, 0) is 6.18 Å². The molecule has 2 N–H and O–H groups in total. The number of nitrogens with one attached hydrogen (secondary N) is 2. The molecule has 0 saturated carbocycles. The van der Waals surface area contributed by atoms with Crippen LogP contribution < -0.4 is 10.6 Å². The van der Waals surface area contributed by atoms with Crippen molar-refractivity contribution < 1.29 is 18.0 Å². The molecule has 10 heteroatoms. The second-order valence-corrected chi connectivity index (χ2v) is 9.55. The summed E-state index contributed by atoms with van der Waals surface area (Å²) in [6, 6.07) is 11.8. The monoisotopic (exact) mass is 528 g/mol. The van der Waals surface area contributed by atoms with Crippen LogP contribution in [-0.4, -0.2) is 40.5 Å². The summed E-state index contributed by atoms with van der Waals surface area (Å²) in [4.78, 5) is 19.6. The average Bonchev–Trinajstić information content (AvgIpc) is 3.38. The van der Waals surface area contributed by atoms with E-state index < -0.39 is 17.6 Å². The van der Waals surface area contributed by atoms with E-state index >= 15 is 0 Å². The Morgan fingerprint density at radius 1 is 1.19 bits per heavy atom. The van der Waals surface area contributed by atoms with Crippen molar-refractivity contribution in [3.05, 3.63) is 70.2 Å². The van der Waals surface area contributed by atoms with Gasteiger partial charge in [0.2, 0.25) is 0 Å². The first-order chi connectivity index (χ1) is 17.3. The van der Waals surface area contributed by atoms with Crippen molar-refractivity contribution in [3.8, 4) is 23.5 Å². The Morgan fingerprint density at radius 2 is 1.94 bits per heavy atom. The Labute approximate surface area is 216 Å². The number of thiazole rings is 1. The average molecular weight is 529 g/mol. The first-order valence-electron chi connectivity index (χ1n) is 11.3. The van der Waals surface area contributed by atoms with E-state index in [1.54, 1.807) is 35.7 Å². The zero-order valence-corrected chi connectivity index (χ0v) is 20.8. The number of nitrogens with zero attached hydrogens (tertiary/aromatic N) is 2. The molecule has 0 atom stereocenters. The molecule has 0 radical (unpaired) electrons. The van der Waals surface area contributed by atoms with Crippen LogP contribution in [0.3, 0.4) is 0 Å². The van der Waals surface area contributed by atoms with Gasteiger partial charge in [0.1, 0.15) is 5.69 Å². The lowest BCUT2D eigenvalue weighted by atomic mass is 9.98. The van der Waals surface area contributed by atoms with Gasteiger partial charge in [-0.25, -0.2) is 4.98 Å². The number of likely N-dealkylation sites (tertiary alicyclic amines) is 1. The highest BCUT2D eigenvalue weighted by Gasteiger charge is 2.30. The van der Waals surface area contributed by atoms with Crippen molar-refractivity contribution in [3.63, 3.8) is 0 Å². The molecule has 0 bridgehead atoms. The lowest BCUT2D eigenvalue weighted by Gasteiger charge is -2.32. The number of halogens is 3. The summed E-state index contributed by atoms with van der Waals surface area (Å²) in [5.74, 6) is 2.32.